The van der Waals surface area contributed by atoms with Crippen LogP contribution in [-0.4, -0.2) is 56.7 Å². The first kappa shape index (κ1) is 23.4. The lowest BCUT2D eigenvalue weighted by Crippen LogP contribution is -2.43. The van der Waals surface area contributed by atoms with Gasteiger partial charge in [0.05, 0.1) is 30.4 Å². The summed E-state index contributed by atoms with van der Waals surface area (Å²) < 4.78 is 27.5. The van der Waals surface area contributed by atoms with E-state index in [1.165, 1.54) is 12.1 Å². The molecule has 8 nitrogen and oxygen atoms in total. The lowest BCUT2D eigenvalue weighted by atomic mass is 9.80. The smallest absolute Gasteiger partial charge is 0.335 e. The molecule has 0 radical (unpaired) electrons. The number of aromatic amines is 1. The number of carboxylic acids is 1. The third kappa shape index (κ3) is 3.88. The quantitative estimate of drug-likeness (QED) is 0.415. The highest BCUT2D eigenvalue weighted by Gasteiger charge is 2.42. The number of halogens is 1. The molecule has 1 aromatic carbocycles. The first-order valence-corrected chi connectivity index (χ1v) is 11.7. The lowest BCUT2D eigenvalue weighted by molar-refractivity contribution is -0.170. The molecule has 4 aromatic rings. The summed E-state index contributed by atoms with van der Waals surface area (Å²) in [5.41, 5.74) is 3.45. The zero-order chi connectivity index (χ0) is 25.0. The first-order valence-electron chi connectivity index (χ1n) is 11.7. The molecule has 0 saturated carbocycles. The van der Waals surface area contributed by atoms with Crippen molar-refractivity contribution < 1.29 is 23.8 Å². The fraction of sp³-hybridized carbons (Fsp3) is 0.423. The molecule has 0 amide bonds. The van der Waals surface area contributed by atoms with Gasteiger partial charge in [-0.15, -0.1) is 0 Å². The second-order valence-corrected chi connectivity index (χ2v) is 10.1. The van der Waals surface area contributed by atoms with E-state index in [2.05, 4.69) is 28.6 Å². The van der Waals surface area contributed by atoms with E-state index >= 15 is 0 Å². The molecule has 184 valence electrons. The third-order valence-corrected chi connectivity index (χ3v) is 7.05. The van der Waals surface area contributed by atoms with Gasteiger partial charge in [-0.1, -0.05) is 13.8 Å². The van der Waals surface area contributed by atoms with Crippen LogP contribution >= 0.6 is 0 Å². The average molecular weight is 481 g/mol. The van der Waals surface area contributed by atoms with Crippen LogP contribution in [0.4, 0.5) is 4.39 Å². The van der Waals surface area contributed by atoms with Crippen LogP contribution in [0.25, 0.3) is 27.8 Å². The van der Waals surface area contributed by atoms with E-state index in [0.717, 1.165) is 33.4 Å². The van der Waals surface area contributed by atoms with Crippen molar-refractivity contribution in [2.75, 3.05) is 20.3 Å². The summed E-state index contributed by atoms with van der Waals surface area (Å²) in [5, 5.41) is 17.6. The van der Waals surface area contributed by atoms with Crippen molar-refractivity contribution in [3.05, 3.63) is 53.6 Å². The molecule has 0 aliphatic carbocycles. The number of hydrogen-bond donors (Lipinski definition) is 2. The van der Waals surface area contributed by atoms with Crippen LogP contribution in [0.2, 0.25) is 0 Å². The number of methoxy groups -OCH3 is 1. The van der Waals surface area contributed by atoms with E-state index in [9.17, 15) is 14.3 Å². The van der Waals surface area contributed by atoms with Gasteiger partial charge in [0.15, 0.2) is 11.2 Å². The van der Waals surface area contributed by atoms with E-state index in [1.807, 2.05) is 6.07 Å². The highest BCUT2D eigenvalue weighted by molar-refractivity contribution is 5.94. The number of carboxylic acid groups (broad SMARTS) is 1. The number of aromatic nitrogens is 4. The Balaban J connectivity index is 1.80. The van der Waals surface area contributed by atoms with Crippen LogP contribution < -0.4 is 0 Å². The number of carbonyl (C=O) groups is 1. The van der Waals surface area contributed by atoms with Crippen molar-refractivity contribution >= 4 is 28.0 Å². The van der Waals surface area contributed by atoms with Crippen molar-refractivity contribution in [1.82, 2.24) is 19.7 Å². The molecule has 1 fully saturated rings. The second-order valence-electron chi connectivity index (χ2n) is 10.1. The van der Waals surface area contributed by atoms with Gasteiger partial charge in [-0.3, -0.25) is 5.10 Å². The van der Waals surface area contributed by atoms with E-state index in [4.69, 9.17) is 14.5 Å². The van der Waals surface area contributed by atoms with E-state index in [1.54, 1.807) is 32.4 Å². The summed E-state index contributed by atoms with van der Waals surface area (Å²) in [6.07, 6.45) is 2.74. The summed E-state index contributed by atoms with van der Waals surface area (Å²) in [6.45, 7) is 6.52. The van der Waals surface area contributed by atoms with Crippen LogP contribution in [0, 0.1) is 5.82 Å². The van der Waals surface area contributed by atoms with Crippen molar-refractivity contribution in [2.24, 2.45) is 0 Å². The molecule has 0 unspecified atom stereocenters. The Labute approximate surface area is 202 Å². The summed E-state index contributed by atoms with van der Waals surface area (Å²) in [6, 6.07) is 8.43. The summed E-state index contributed by atoms with van der Waals surface area (Å²) in [4.78, 5) is 16.7. The lowest BCUT2D eigenvalue weighted by Gasteiger charge is -2.36. The number of rotatable bonds is 6. The van der Waals surface area contributed by atoms with E-state index in [-0.39, 0.29) is 18.3 Å². The summed E-state index contributed by atoms with van der Waals surface area (Å²) in [7, 11) is 1.67. The van der Waals surface area contributed by atoms with Crippen molar-refractivity contribution in [1.29, 1.82) is 0 Å². The normalized spacial score (nSPS) is 21.1. The van der Waals surface area contributed by atoms with Crippen molar-refractivity contribution in [2.45, 2.75) is 50.5 Å². The monoisotopic (exact) mass is 480 g/mol. The van der Waals surface area contributed by atoms with Crippen LogP contribution in [0.5, 0.6) is 0 Å². The van der Waals surface area contributed by atoms with Gasteiger partial charge < -0.3 is 19.1 Å². The van der Waals surface area contributed by atoms with E-state index in [0.29, 0.717) is 25.1 Å². The third-order valence-electron chi connectivity index (χ3n) is 7.05. The molecule has 3 aromatic heterocycles. The van der Waals surface area contributed by atoms with Crippen LogP contribution in [0.3, 0.4) is 0 Å². The number of fused-ring (bicyclic) bond motifs is 2. The van der Waals surface area contributed by atoms with Gasteiger partial charge in [0.2, 0.25) is 0 Å². The largest absolute Gasteiger partial charge is 0.479 e. The molecule has 1 aliphatic heterocycles. The fourth-order valence-corrected chi connectivity index (χ4v) is 5.22. The highest BCUT2D eigenvalue weighted by Crippen LogP contribution is 2.45. The Morgan fingerprint density at radius 3 is 2.74 bits per heavy atom. The number of hydrogen-bond acceptors (Lipinski definition) is 5. The number of pyridine rings is 1. The molecular weight excluding hydrogens is 451 g/mol. The van der Waals surface area contributed by atoms with Crippen molar-refractivity contribution in [3.63, 3.8) is 0 Å². The molecule has 2 atom stereocenters. The molecule has 1 aliphatic rings. The second kappa shape index (κ2) is 8.42. The number of aliphatic carboxylic acids is 1. The number of H-pyrrole nitrogens is 1. The minimum absolute atomic E-state index is 0.0781. The molecule has 35 heavy (non-hydrogen) atoms. The molecule has 4 heterocycles. The zero-order valence-corrected chi connectivity index (χ0v) is 20.3. The maximum absolute atomic E-state index is 13.9. The fourth-order valence-electron chi connectivity index (χ4n) is 5.22. The molecule has 0 spiro atoms. The van der Waals surface area contributed by atoms with Crippen LogP contribution in [0.15, 0.2) is 36.5 Å². The first-order chi connectivity index (χ1) is 16.6. The molecule has 0 bridgehead atoms. The number of nitrogens with zero attached hydrogens (tertiary/aromatic N) is 3. The van der Waals surface area contributed by atoms with Gasteiger partial charge in [-0.2, -0.15) is 5.10 Å². The van der Waals surface area contributed by atoms with Gasteiger partial charge in [0.25, 0.3) is 0 Å². The Morgan fingerprint density at radius 1 is 1.37 bits per heavy atom. The Bertz CT molecular complexity index is 1400. The molecule has 1 saturated heterocycles. The SMILES string of the molecule is COCC(C)(C)c1c([C@H]2CC[C@](C)(C(=O)O)OC2)c2nc3[nH]ncc3cc2n1-c1ccc(F)cc1. The standard InChI is InChI=1S/C26H29FN4O4/c1-25(2,14-34-4)22-20(15-9-10-26(3,24(32)33)35-13-15)21-19(11-16-12-28-30-23(16)29-21)31(22)18-7-5-17(27)6-8-18/h5-8,11-12,15H,9-10,13-14H2,1-4H3,(H,32,33)(H,28,29,30)/t15-,26+/m0/s1. The van der Waals surface area contributed by atoms with Gasteiger partial charge in [0, 0.05) is 40.8 Å². The molecule has 9 heteroatoms. The van der Waals surface area contributed by atoms with Crippen LogP contribution in [0.1, 0.15) is 50.8 Å². The van der Waals surface area contributed by atoms with Crippen molar-refractivity contribution in [3.8, 4) is 5.69 Å². The Hall–Kier alpha value is -3.30. The van der Waals surface area contributed by atoms with Gasteiger partial charge >= 0.3 is 5.97 Å². The van der Waals surface area contributed by atoms with Gasteiger partial charge in [-0.25, -0.2) is 14.2 Å². The van der Waals surface area contributed by atoms with Gasteiger partial charge in [0.1, 0.15) is 5.82 Å². The average Bonchev–Trinajstić information content (AvgIpc) is 3.41. The number of benzene rings is 1. The number of nitrogens with one attached hydrogen (secondary N) is 1. The minimum Gasteiger partial charge on any atom is -0.479 e. The summed E-state index contributed by atoms with van der Waals surface area (Å²) >= 11 is 0. The minimum atomic E-state index is -1.21. The Kier molecular flexibility index (Phi) is 5.64. The van der Waals surface area contributed by atoms with E-state index < -0.39 is 17.0 Å². The Morgan fingerprint density at radius 2 is 2.11 bits per heavy atom. The molecule has 5 rings (SSSR count). The molecular formula is C26H29FN4O4. The predicted octanol–water partition coefficient (Wildman–Crippen LogP) is 4.70. The maximum Gasteiger partial charge on any atom is 0.335 e. The maximum atomic E-state index is 13.9. The van der Waals surface area contributed by atoms with Crippen LogP contribution in [-0.2, 0) is 19.7 Å². The van der Waals surface area contributed by atoms with Gasteiger partial charge in [-0.05, 0) is 50.1 Å². The molecule has 2 N–H and O–H groups in total. The summed E-state index contributed by atoms with van der Waals surface area (Å²) in [5.74, 6) is -1.35. The highest BCUT2D eigenvalue weighted by atomic mass is 19.1. The zero-order valence-electron chi connectivity index (χ0n) is 20.3. The number of ether oxygens (including phenoxy) is 2. The predicted molar refractivity (Wildman–Crippen MR) is 130 cm³/mol. The topological polar surface area (TPSA) is 102 Å².